The van der Waals surface area contributed by atoms with E-state index in [0.717, 1.165) is 37.6 Å². The van der Waals surface area contributed by atoms with E-state index in [1.165, 1.54) is 0 Å². The SMILES string of the molecule is COc1ccc(Nc2nc(C)nc(NCN3CCN(C)CC3)n2)c(OC)c1. The lowest BCUT2D eigenvalue weighted by atomic mass is 10.2. The smallest absolute Gasteiger partial charge is 0.232 e. The van der Waals surface area contributed by atoms with Crippen LogP contribution in [0.1, 0.15) is 5.82 Å². The Morgan fingerprint density at radius 1 is 1.00 bits per heavy atom. The first kappa shape index (κ1) is 19.1. The number of hydrogen-bond acceptors (Lipinski definition) is 9. The lowest BCUT2D eigenvalue weighted by molar-refractivity contribution is 0.162. The van der Waals surface area contributed by atoms with Crippen molar-refractivity contribution in [2.45, 2.75) is 6.92 Å². The Labute approximate surface area is 159 Å². The summed E-state index contributed by atoms with van der Waals surface area (Å²) in [5.41, 5.74) is 0.758. The van der Waals surface area contributed by atoms with Crippen molar-refractivity contribution >= 4 is 17.6 Å². The van der Waals surface area contributed by atoms with Gasteiger partial charge in [0.15, 0.2) is 0 Å². The van der Waals surface area contributed by atoms with Crippen LogP contribution in [0.2, 0.25) is 0 Å². The Morgan fingerprint density at radius 2 is 1.74 bits per heavy atom. The normalized spacial score (nSPS) is 15.4. The maximum Gasteiger partial charge on any atom is 0.232 e. The maximum atomic E-state index is 5.42. The number of piperazine rings is 1. The third-order valence-electron chi connectivity index (χ3n) is 4.46. The van der Waals surface area contributed by atoms with Crippen molar-refractivity contribution in [1.29, 1.82) is 0 Å². The molecule has 146 valence electrons. The molecular weight excluding hydrogens is 346 g/mol. The highest BCUT2D eigenvalue weighted by molar-refractivity contribution is 5.64. The molecule has 2 aromatic rings. The van der Waals surface area contributed by atoms with Gasteiger partial charge in [0.1, 0.15) is 17.3 Å². The van der Waals surface area contributed by atoms with Crippen LogP contribution >= 0.6 is 0 Å². The van der Waals surface area contributed by atoms with Crippen molar-refractivity contribution in [3.63, 3.8) is 0 Å². The minimum atomic E-state index is 0.465. The molecule has 2 heterocycles. The summed E-state index contributed by atoms with van der Waals surface area (Å²) in [7, 11) is 5.38. The van der Waals surface area contributed by atoms with Gasteiger partial charge in [0.2, 0.25) is 11.9 Å². The molecule has 0 unspecified atom stereocenters. The largest absolute Gasteiger partial charge is 0.497 e. The van der Waals surface area contributed by atoms with Gasteiger partial charge in [0.05, 0.1) is 26.6 Å². The average Bonchev–Trinajstić information content (AvgIpc) is 2.67. The van der Waals surface area contributed by atoms with Gasteiger partial charge < -0.3 is 25.0 Å². The van der Waals surface area contributed by atoms with Crippen molar-refractivity contribution in [2.24, 2.45) is 0 Å². The molecule has 9 heteroatoms. The van der Waals surface area contributed by atoms with E-state index in [-0.39, 0.29) is 0 Å². The van der Waals surface area contributed by atoms with E-state index in [9.17, 15) is 0 Å². The Hall–Kier alpha value is -2.65. The molecule has 3 rings (SSSR count). The van der Waals surface area contributed by atoms with Gasteiger partial charge in [0, 0.05) is 32.2 Å². The first-order valence-corrected chi connectivity index (χ1v) is 8.94. The Bertz CT molecular complexity index is 763. The zero-order valence-corrected chi connectivity index (χ0v) is 16.3. The van der Waals surface area contributed by atoms with E-state index >= 15 is 0 Å². The summed E-state index contributed by atoms with van der Waals surface area (Å²) in [5.74, 6) is 3.03. The molecule has 1 aromatic heterocycles. The van der Waals surface area contributed by atoms with E-state index in [4.69, 9.17) is 9.47 Å². The fourth-order valence-corrected chi connectivity index (χ4v) is 2.83. The fourth-order valence-electron chi connectivity index (χ4n) is 2.83. The summed E-state index contributed by atoms with van der Waals surface area (Å²) < 4.78 is 10.6. The summed E-state index contributed by atoms with van der Waals surface area (Å²) in [5, 5.41) is 6.49. The molecule has 0 saturated carbocycles. The quantitative estimate of drug-likeness (QED) is 0.750. The minimum absolute atomic E-state index is 0.465. The summed E-state index contributed by atoms with van der Waals surface area (Å²) in [6.45, 7) is 6.76. The van der Waals surface area contributed by atoms with Gasteiger partial charge in [-0.05, 0) is 26.1 Å². The van der Waals surface area contributed by atoms with Crippen molar-refractivity contribution in [2.75, 3.05) is 64.7 Å². The maximum absolute atomic E-state index is 5.42. The van der Waals surface area contributed by atoms with E-state index in [2.05, 4.69) is 42.4 Å². The highest BCUT2D eigenvalue weighted by Gasteiger charge is 2.14. The summed E-state index contributed by atoms with van der Waals surface area (Å²) >= 11 is 0. The number of benzene rings is 1. The van der Waals surface area contributed by atoms with Crippen molar-refractivity contribution < 1.29 is 9.47 Å². The highest BCUT2D eigenvalue weighted by atomic mass is 16.5. The number of methoxy groups -OCH3 is 2. The van der Waals surface area contributed by atoms with Crippen LogP contribution in [-0.2, 0) is 0 Å². The first-order valence-electron chi connectivity index (χ1n) is 8.94. The van der Waals surface area contributed by atoms with Crippen LogP contribution in [0.3, 0.4) is 0 Å². The number of aromatic nitrogens is 3. The molecule has 1 fully saturated rings. The fraction of sp³-hybridized carbons (Fsp3) is 0.500. The molecule has 1 aliphatic heterocycles. The third kappa shape index (κ3) is 5.18. The van der Waals surface area contributed by atoms with Gasteiger partial charge >= 0.3 is 0 Å². The molecule has 1 aliphatic rings. The highest BCUT2D eigenvalue weighted by Crippen LogP contribution is 2.30. The summed E-state index contributed by atoms with van der Waals surface area (Å²) in [4.78, 5) is 17.9. The van der Waals surface area contributed by atoms with Crippen LogP contribution < -0.4 is 20.1 Å². The molecule has 0 atom stereocenters. The minimum Gasteiger partial charge on any atom is -0.497 e. The standard InChI is InChI=1S/C18H27N7O2/c1-13-20-17(19-12-25-9-7-24(2)8-10-25)23-18(21-13)22-15-6-5-14(26-3)11-16(15)27-4/h5-6,11H,7-10,12H2,1-4H3,(H2,19,20,21,22,23). The molecule has 0 aliphatic carbocycles. The number of ether oxygens (including phenoxy) is 2. The Balaban J connectivity index is 1.68. The molecule has 9 nitrogen and oxygen atoms in total. The zero-order chi connectivity index (χ0) is 19.2. The topological polar surface area (TPSA) is 87.7 Å². The van der Waals surface area contributed by atoms with Gasteiger partial charge in [-0.15, -0.1) is 0 Å². The summed E-state index contributed by atoms with van der Waals surface area (Å²) in [6.07, 6.45) is 0. The second-order valence-corrected chi connectivity index (χ2v) is 6.48. The zero-order valence-electron chi connectivity index (χ0n) is 16.3. The lowest BCUT2D eigenvalue weighted by Gasteiger charge is -2.32. The second-order valence-electron chi connectivity index (χ2n) is 6.48. The number of aryl methyl sites for hydroxylation is 1. The number of anilines is 3. The number of hydrogen-bond donors (Lipinski definition) is 2. The monoisotopic (exact) mass is 373 g/mol. The lowest BCUT2D eigenvalue weighted by Crippen LogP contribution is -2.46. The third-order valence-corrected chi connectivity index (χ3v) is 4.46. The molecular formula is C18H27N7O2. The van der Waals surface area contributed by atoms with Crippen LogP contribution in [0, 0.1) is 6.92 Å². The van der Waals surface area contributed by atoms with Crippen LogP contribution in [0.15, 0.2) is 18.2 Å². The molecule has 1 aromatic carbocycles. The molecule has 0 radical (unpaired) electrons. The van der Waals surface area contributed by atoms with E-state index in [1.54, 1.807) is 14.2 Å². The van der Waals surface area contributed by atoms with Gasteiger partial charge in [0.25, 0.3) is 0 Å². The summed E-state index contributed by atoms with van der Waals surface area (Å²) in [6, 6.07) is 5.53. The van der Waals surface area contributed by atoms with E-state index < -0.39 is 0 Å². The Morgan fingerprint density at radius 3 is 2.44 bits per heavy atom. The second kappa shape index (κ2) is 8.83. The van der Waals surface area contributed by atoms with Crippen LogP contribution in [-0.4, -0.2) is 78.9 Å². The van der Waals surface area contributed by atoms with Crippen LogP contribution in [0.25, 0.3) is 0 Å². The average molecular weight is 373 g/mol. The molecule has 0 spiro atoms. The first-order chi connectivity index (χ1) is 13.1. The van der Waals surface area contributed by atoms with Crippen LogP contribution in [0.5, 0.6) is 11.5 Å². The van der Waals surface area contributed by atoms with Gasteiger partial charge in [-0.1, -0.05) is 0 Å². The number of nitrogens with zero attached hydrogens (tertiary/aromatic N) is 5. The van der Waals surface area contributed by atoms with Gasteiger partial charge in [-0.2, -0.15) is 15.0 Å². The number of likely N-dealkylation sites (N-methyl/N-ethyl adjacent to an activating group) is 1. The molecule has 2 N–H and O–H groups in total. The molecule has 0 bridgehead atoms. The number of rotatable bonds is 7. The van der Waals surface area contributed by atoms with Crippen molar-refractivity contribution in [1.82, 2.24) is 24.8 Å². The Kier molecular flexibility index (Phi) is 6.25. The van der Waals surface area contributed by atoms with Crippen molar-refractivity contribution in [3.8, 4) is 11.5 Å². The number of nitrogens with one attached hydrogen (secondary N) is 2. The van der Waals surface area contributed by atoms with Gasteiger partial charge in [-0.3, -0.25) is 4.90 Å². The van der Waals surface area contributed by atoms with Gasteiger partial charge in [-0.25, -0.2) is 0 Å². The van der Waals surface area contributed by atoms with Crippen molar-refractivity contribution in [3.05, 3.63) is 24.0 Å². The molecule has 0 amide bonds. The predicted molar refractivity (Wildman–Crippen MR) is 105 cm³/mol. The predicted octanol–water partition coefficient (Wildman–Crippen LogP) is 1.56. The van der Waals surface area contributed by atoms with Crippen LogP contribution in [0.4, 0.5) is 17.6 Å². The molecule has 27 heavy (non-hydrogen) atoms. The van der Waals surface area contributed by atoms with E-state index in [0.29, 0.717) is 30.1 Å². The molecule has 1 saturated heterocycles. The van der Waals surface area contributed by atoms with E-state index in [1.807, 2.05) is 25.1 Å².